The lowest BCUT2D eigenvalue weighted by Crippen LogP contribution is -2.37. The first kappa shape index (κ1) is 11.4. The molecule has 0 spiro atoms. The predicted molar refractivity (Wildman–Crippen MR) is 57.0 cm³/mol. The minimum absolute atomic E-state index is 0.233. The van der Waals surface area contributed by atoms with Crippen molar-refractivity contribution in [1.82, 2.24) is 0 Å². The Hall–Kier alpha value is -1.13. The maximum Gasteiger partial charge on any atom is 0.127 e. The van der Waals surface area contributed by atoms with Gasteiger partial charge in [-0.25, -0.2) is 4.39 Å². The van der Waals surface area contributed by atoms with Crippen LogP contribution in [0.2, 0.25) is 0 Å². The van der Waals surface area contributed by atoms with E-state index in [1.165, 1.54) is 6.07 Å². The number of hydrogen-bond acceptors (Lipinski definition) is 3. The molecule has 1 aromatic rings. The Morgan fingerprint density at radius 2 is 2.31 bits per heavy atom. The minimum Gasteiger partial charge on any atom is -0.487 e. The van der Waals surface area contributed by atoms with Crippen LogP contribution in [0.5, 0.6) is 5.75 Å². The highest BCUT2D eigenvalue weighted by Crippen LogP contribution is 2.30. The van der Waals surface area contributed by atoms with Crippen molar-refractivity contribution >= 4 is 0 Å². The van der Waals surface area contributed by atoms with Crippen molar-refractivity contribution in [3.8, 4) is 5.75 Å². The Labute approximate surface area is 93.5 Å². The maximum absolute atomic E-state index is 13.3. The molecule has 0 aromatic heterocycles. The molecule has 1 aliphatic heterocycles. The summed E-state index contributed by atoms with van der Waals surface area (Å²) in [5, 5.41) is 18.3. The van der Waals surface area contributed by atoms with E-state index in [4.69, 9.17) is 9.84 Å². The molecular weight excluding hydrogens is 211 g/mol. The largest absolute Gasteiger partial charge is 0.487 e. The zero-order valence-corrected chi connectivity index (χ0v) is 9.11. The number of rotatable bonds is 2. The fraction of sp³-hybridized carbons (Fsp3) is 0.500. The van der Waals surface area contributed by atoms with Gasteiger partial charge in [-0.15, -0.1) is 0 Å². The van der Waals surface area contributed by atoms with Gasteiger partial charge >= 0.3 is 0 Å². The first-order valence-electron chi connectivity index (χ1n) is 5.36. The summed E-state index contributed by atoms with van der Waals surface area (Å²) in [6, 6.07) is 3.12. The Morgan fingerprint density at radius 1 is 1.56 bits per heavy atom. The second kappa shape index (κ2) is 4.39. The summed E-state index contributed by atoms with van der Waals surface area (Å²) in [6.07, 6.45) is -0.0215. The highest BCUT2D eigenvalue weighted by atomic mass is 19.1. The van der Waals surface area contributed by atoms with Gasteiger partial charge in [0, 0.05) is 0 Å². The van der Waals surface area contributed by atoms with Crippen molar-refractivity contribution in [1.29, 1.82) is 0 Å². The molecular formula is C12H15FO3. The van der Waals surface area contributed by atoms with E-state index < -0.39 is 12.2 Å². The van der Waals surface area contributed by atoms with E-state index in [1.54, 1.807) is 13.0 Å². The van der Waals surface area contributed by atoms with E-state index in [9.17, 15) is 9.50 Å². The number of hydrogen-bond donors (Lipinski definition) is 2. The zero-order chi connectivity index (χ0) is 11.7. The van der Waals surface area contributed by atoms with Gasteiger partial charge in [-0.3, -0.25) is 0 Å². The summed E-state index contributed by atoms with van der Waals surface area (Å²) < 4.78 is 18.8. The average Bonchev–Trinajstić information content (AvgIpc) is 2.29. The van der Waals surface area contributed by atoms with Crippen LogP contribution in [0, 0.1) is 12.7 Å². The van der Waals surface area contributed by atoms with Crippen molar-refractivity contribution in [3.63, 3.8) is 0 Å². The highest BCUT2D eigenvalue weighted by molar-refractivity contribution is 5.39. The number of aliphatic hydroxyl groups is 2. The number of aryl methyl sites for hydroxylation is 2. The molecule has 1 heterocycles. The molecule has 16 heavy (non-hydrogen) atoms. The lowest BCUT2D eigenvalue weighted by Gasteiger charge is -2.29. The smallest absolute Gasteiger partial charge is 0.127 e. The van der Waals surface area contributed by atoms with Crippen LogP contribution in [0.3, 0.4) is 0 Å². The van der Waals surface area contributed by atoms with Crippen LogP contribution in [0.25, 0.3) is 0 Å². The summed E-state index contributed by atoms with van der Waals surface area (Å²) in [4.78, 5) is 0. The van der Waals surface area contributed by atoms with Gasteiger partial charge < -0.3 is 14.9 Å². The molecule has 3 nitrogen and oxygen atoms in total. The Morgan fingerprint density at radius 3 is 3.00 bits per heavy atom. The minimum atomic E-state index is -0.876. The van der Waals surface area contributed by atoms with Crippen LogP contribution in [-0.4, -0.2) is 29.0 Å². The van der Waals surface area contributed by atoms with Crippen molar-refractivity contribution in [3.05, 3.63) is 29.1 Å². The second-order valence-corrected chi connectivity index (χ2v) is 4.15. The van der Waals surface area contributed by atoms with Gasteiger partial charge in [-0.1, -0.05) is 0 Å². The van der Waals surface area contributed by atoms with E-state index in [2.05, 4.69) is 0 Å². The van der Waals surface area contributed by atoms with Crippen molar-refractivity contribution < 1.29 is 19.3 Å². The molecule has 1 aromatic carbocycles. The van der Waals surface area contributed by atoms with Gasteiger partial charge in [-0.05, 0) is 43.0 Å². The van der Waals surface area contributed by atoms with Gasteiger partial charge in [0.1, 0.15) is 23.8 Å². The summed E-state index contributed by atoms with van der Waals surface area (Å²) in [6.45, 7) is 1.35. The standard InChI is InChI=1S/C12H15FO3/c1-7-4-12-8(5-9(7)13)2-3-11(16-12)10(15)6-14/h4-5,10-11,14-15H,2-3,6H2,1H3. The van der Waals surface area contributed by atoms with Crippen LogP contribution >= 0.6 is 0 Å². The fourth-order valence-corrected chi connectivity index (χ4v) is 1.91. The summed E-state index contributed by atoms with van der Waals surface area (Å²) in [7, 11) is 0. The summed E-state index contributed by atoms with van der Waals surface area (Å²) >= 11 is 0. The molecule has 0 fully saturated rings. The molecule has 0 radical (unpaired) electrons. The quantitative estimate of drug-likeness (QED) is 0.796. The molecule has 2 atom stereocenters. The van der Waals surface area contributed by atoms with Gasteiger partial charge in [0.05, 0.1) is 6.61 Å². The van der Waals surface area contributed by atoms with Crippen LogP contribution in [0.4, 0.5) is 4.39 Å². The van der Waals surface area contributed by atoms with E-state index in [-0.39, 0.29) is 12.4 Å². The summed E-state index contributed by atoms with van der Waals surface area (Å²) in [5.74, 6) is 0.381. The second-order valence-electron chi connectivity index (χ2n) is 4.15. The Balaban J connectivity index is 2.23. The molecule has 0 aliphatic carbocycles. The first-order valence-corrected chi connectivity index (χ1v) is 5.36. The first-order chi connectivity index (χ1) is 7.61. The molecule has 0 saturated heterocycles. The zero-order valence-electron chi connectivity index (χ0n) is 9.11. The normalized spacial score (nSPS) is 21.1. The van der Waals surface area contributed by atoms with Crippen LogP contribution in [-0.2, 0) is 6.42 Å². The van der Waals surface area contributed by atoms with Crippen LogP contribution in [0.15, 0.2) is 12.1 Å². The lowest BCUT2D eigenvalue weighted by atomic mass is 9.98. The average molecular weight is 226 g/mol. The molecule has 0 bridgehead atoms. The fourth-order valence-electron chi connectivity index (χ4n) is 1.91. The van der Waals surface area contributed by atoms with Crippen molar-refractivity contribution in [2.24, 2.45) is 0 Å². The van der Waals surface area contributed by atoms with Crippen LogP contribution in [0.1, 0.15) is 17.5 Å². The molecule has 2 unspecified atom stereocenters. The SMILES string of the molecule is Cc1cc2c(cc1F)CCC(C(O)CO)O2. The third-order valence-corrected chi connectivity index (χ3v) is 2.93. The highest BCUT2D eigenvalue weighted by Gasteiger charge is 2.26. The van der Waals surface area contributed by atoms with Crippen molar-refractivity contribution in [2.45, 2.75) is 32.0 Å². The van der Waals surface area contributed by atoms with Gasteiger partial charge in [0.25, 0.3) is 0 Å². The summed E-state index contributed by atoms with van der Waals surface area (Å²) in [5.41, 5.74) is 1.35. The molecule has 0 saturated carbocycles. The molecule has 4 heteroatoms. The molecule has 2 rings (SSSR count). The van der Waals surface area contributed by atoms with E-state index in [1.807, 2.05) is 0 Å². The number of ether oxygens (including phenoxy) is 1. The van der Waals surface area contributed by atoms with E-state index in [0.29, 0.717) is 24.2 Å². The lowest BCUT2D eigenvalue weighted by molar-refractivity contribution is -0.00968. The van der Waals surface area contributed by atoms with Gasteiger partial charge in [0.2, 0.25) is 0 Å². The molecule has 1 aliphatic rings. The van der Waals surface area contributed by atoms with Crippen molar-refractivity contribution in [2.75, 3.05) is 6.61 Å². The number of fused-ring (bicyclic) bond motifs is 1. The molecule has 88 valence electrons. The number of aliphatic hydroxyl groups excluding tert-OH is 2. The monoisotopic (exact) mass is 226 g/mol. The predicted octanol–water partition coefficient (Wildman–Crippen LogP) is 1.18. The third-order valence-electron chi connectivity index (χ3n) is 2.93. The van der Waals surface area contributed by atoms with E-state index in [0.717, 1.165) is 5.56 Å². The maximum atomic E-state index is 13.3. The topological polar surface area (TPSA) is 49.7 Å². The van der Waals surface area contributed by atoms with E-state index >= 15 is 0 Å². The van der Waals surface area contributed by atoms with Gasteiger partial charge in [-0.2, -0.15) is 0 Å². The Kier molecular flexibility index (Phi) is 3.12. The number of halogens is 1. The van der Waals surface area contributed by atoms with Crippen LogP contribution < -0.4 is 4.74 Å². The van der Waals surface area contributed by atoms with Gasteiger partial charge in [0.15, 0.2) is 0 Å². The number of benzene rings is 1. The Bertz CT molecular complexity index is 392. The molecule has 2 N–H and O–H groups in total. The third kappa shape index (κ3) is 2.03. The molecule has 0 amide bonds.